The highest BCUT2D eigenvalue weighted by atomic mass is 16.2. The van der Waals surface area contributed by atoms with E-state index in [9.17, 15) is 4.79 Å². The van der Waals surface area contributed by atoms with Crippen molar-refractivity contribution in [1.29, 1.82) is 0 Å². The largest absolute Gasteiger partial charge is 0.338 e. The second-order valence-electron chi connectivity index (χ2n) is 6.75. The lowest BCUT2D eigenvalue weighted by Crippen LogP contribution is -2.41. The van der Waals surface area contributed by atoms with Crippen molar-refractivity contribution in [3.8, 4) is 0 Å². The molecule has 0 saturated carbocycles. The van der Waals surface area contributed by atoms with Gasteiger partial charge in [0, 0.05) is 19.6 Å². The van der Waals surface area contributed by atoms with Crippen LogP contribution < -0.4 is 5.32 Å². The molecule has 0 saturated heterocycles. The van der Waals surface area contributed by atoms with Gasteiger partial charge in [-0.1, -0.05) is 85.0 Å². The second-order valence-corrected chi connectivity index (χ2v) is 6.75. The maximum absolute atomic E-state index is 12.4. The van der Waals surface area contributed by atoms with Crippen LogP contribution in [0.1, 0.15) is 104 Å². The first-order valence-electron chi connectivity index (χ1n) is 10.3. The molecule has 0 aromatic carbocycles. The van der Waals surface area contributed by atoms with Crippen LogP contribution in [0.4, 0.5) is 4.79 Å². The molecule has 23 heavy (non-hydrogen) atoms. The van der Waals surface area contributed by atoms with E-state index >= 15 is 0 Å². The first-order valence-corrected chi connectivity index (χ1v) is 10.3. The summed E-state index contributed by atoms with van der Waals surface area (Å²) >= 11 is 0. The minimum atomic E-state index is 0.161. The summed E-state index contributed by atoms with van der Waals surface area (Å²) in [5.74, 6) is 0. The predicted molar refractivity (Wildman–Crippen MR) is 102 cm³/mol. The van der Waals surface area contributed by atoms with E-state index in [1.165, 1.54) is 64.2 Å². The molecule has 0 radical (unpaired) electrons. The zero-order chi connectivity index (χ0) is 17.2. The molecule has 0 aromatic heterocycles. The highest BCUT2D eigenvalue weighted by Gasteiger charge is 2.11. The number of hydrogen-bond donors (Lipinski definition) is 1. The molecular formula is C20H42N2O. The van der Waals surface area contributed by atoms with E-state index in [0.717, 1.165) is 38.9 Å². The average molecular weight is 327 g/mol. The van der Waals surface area contributed by atoms with Crippen LogP contribution in [0.5, 0.6) is 0 Å². The number of carbonyl (C=O) groups is 1. The van der Waals surface area contributed by atoms with Crippen molar-refractivity contribution in [3.63, 3.8) is 0 Å². The lowest BCUT2D eigenvalue weighted by atomic mass is 10.1. The summed E-state index contributed by atoms with van der Waals surface area (Å²) in [6.45, 7) is 9.38. The van der Waals surface area contributed by atoms with Crippen molar-refractivity contribution in [2.45, 2.75) is 104 Å². The number of nitrogens with zero attached hydrogens (tertiary/aromatic N) is 1. The fraction of sp³-hybridized carbons (Fsp3) is 0.950. The molecule has 138 valence electrons. The fourth-order valence-electron chi connectivity index (χ4n) is 2.81. The van der Waals surface area contributed by atoms with Gasteiger partial charge in [-0.3, -0.25) is 0 Å². The first-order chi connectivity index (χ1) is 11.3. The van der Waals surface area contributed by atoms with Crippen LogP contribution in [0.15, 0.2) is 0 Å². The number of unbranched alkanes of at least 4 members (excludes halogenated alkanes) is 10. The standard InChI is InChI=1S/C20H42N2O/c1-4-7-10-13-14-17-21-20(23)22(18-15-11-8-5-2)19-16-12-9-6-3/h4-19H2,1-3H3,(H,21,23). The Hall–Kier alpha value is -0.730. The summed E-state index contributed by atoms with van der Waals surface area (Å²) < 4.78 is 0. The lowest BCUT2D eigenvalue weighted by Gasteiger charge is -2.23. The van der Waals surface area contributed by atoms with Gasteiger partial charge in [0.1, 0.15) is 0 Å². The van der Waals surface area contributed by atoms with Gasteiger partial charge in [0.05, 0.1) is 0 Å². The third kappa shape index (κ3) is 14.6. The molecule has 0 unspecified atom stereocenters. The van der Waals surface area contributed by atoms with E-state index in [4.69, 9.17) is 0 Å². The molecule has 0 spiro atoms. The van der Waals surface area contributed by atoms with Gasteiger partial charge in [-0.25, -0.2) is 4.79 Å². The van der Waals surface area contributed by atoms with Gasteiger partial charge in [0.15, 0.2) is 0 Å². The molecule has 2 amide bonds. The number of hydrogen-bond acceptors (Lipinski definition) is 1. The summed E-state index contributed by atoms with van der Waals surface area (Å²) in [7, 11) is 0. The predicted octanol–water partition coefficient (Wildman–Crippen LogP) is 6.13. The van der Waals surface area contributed by atoms with E-state index < -0.39 is 0 Å². The van der Waals surface area contributed by atoms with Crippen LogP contribution in [0.3, 0.4) is 0 Å². The van der Waals surface area contributed by atoms with Gasteiger partial charge < -0.3 is 10.2 Å². The van der Waals surface area contributed by atoms with Crippen molar-refractivity contribution in [2.75, 3.05) is 19.6 Å². The second kappa shape index (κ2) is 17.6. The Morgan fingerprint density at radius 3 is 1.57 bits per heavy atom. The van der Waals surface area contributed by atoms with Crippen molar-refractivity contribution in [3.05, 3.63) is 0 Å². The smallest absolute Gasteiger partial charge is 0.317 e. The number of carbonyl (C=O) groups excluding carboxylic acids is 1. The van der Waals surface area contributed by atoms with Crippen molar-refractivity contribution in [1.82, 2.24) is 10.2 Å². The van der Waals surface area contributed by atoms with Crippen LogP contribution in [0, 0.1) is 0 Å². The Labute approximate surface area is 145 Å². The van der Waals surface area contributed by atoms with Crippen LogP contribution in [0.25, 0.3) is 0 Å². The molecule has 0 bridgehead atoms. The molecular weight excluding hydrogens is 284 g/mol. The molecule has 0 aromatic rings. The Morgan fingerprint density at radius 1 is 0.652 bits per heavy atom. The number of urea groups is 1. The van der Waals surface area contributed by atoms with Gasteiger partial charge in [-0.05, 0) is 19.3 Å². The Kier molecular flexibility index (Phi) is 17.1. The van der Waals surface area contributed by atoms with Gasteiger partial charge in [0.2, 0.25) is 0 Å². The number of amides is 2. The topological polar surface area (TPSA) is 32.3 Å². The molecule has 0 fully saturated rings. The summed E-state index contributed by atoms with van der Waals surface area (Å²) in [4.78, 5) is 14.4. The third-order valence-corrected chi connectivity index (χ3v) is 4.41. The van der Waals surface area contributed by atoms with Crippen LogP contribution >= 0.6 is 0 Å². The van der Waals surface area contributed by atoms with Crippen LogP contribution in [-0.2, 0) is 0 Å². The highest BCUT2D eigenvalue weighted by Crippen LogP contribution is 2.06. The van der Waals surface area contributed by atoms with E-state index in [1.807, 2.05) is 0 Å². The molecule has 0 aliphatic heterocycles. The van der Waals surface area contributed by atoms with E-state index in [2.05, 4.69) is 31.0 Å². The molecule has 0 rings (SSSR count). The molecule has 0 atom stereocenters. The van der Waals surface area contributed by atoms with E-state index in [1.54, 1.807) is 0 Å². The number of rotatable bonds is 16. The Balaban J connectivity index is 3.95. The molecule has 0 heterocycles. The normalized spacial score (nSPS) is 10.7. The van der Waals surface area contributed by atoms with Crippen molar-refractivity contribution >= 4 is 6.03 Å². The maximum atomic E-state index is 12.4. The Bertz CT molecular complexity index is 244. The highest BCUT2D eigenvalue weighted by molar-refractivity contribution is 5.74. The molecule has 0 aliphatic carbocycles. The summed E-state index contributed by atoms with van der Waals surface area (Å²) in [5.41, 5.74) is 0. The van der Waals surface area contributed by atoms with Crippen molar-refractivity contribution in [2.24, 2.45) is 0 Å². The number of nitrogens with one attached hydrogen (secondary N) is 1. The van der Waals surface area contributed by atoms with Crippen molar-refractivity contribution < 1.29 is 4.79 Å². The maximum Gasteiger partial charge on any atom is 0.317 e. The third-order valence-electron chi connectivity index (χ3n) is 4.41. The minimum absolute atomic E-state index is 0.161. The van der Waals surface area contributed by atoms with Crippen LogP contribution in [0.2, 0.25) is 0 Å². The first kappa shape index (κ1) is 22.3. The van der Waals surface area contributed by atoms with Gasteiger partial charge in [0.25, 0.3) is 0 Å². The summed E-state index contributed by atoms with van der Waals surface area (Å²) in [6.07, 6.45) is 16.1. The average Bonchev–Trinajstić information content (AvgIpc) is 2.56. The van der Waals surface area contributed by atoms with Crippen LogP contribution in [-0.4, -0.2) is 30.6 Å². The summed E-state index contributed by atoms with van der Waals surface area (Å²) in [6, 6.07) is 0.161. The molecule has 0 aliphatic rings. The fourth-order valence-corrected chi connectivity index (χ4v) is 2.81. The Morgan fingerprint density at radius 2 is 1.09 bits per heavy atom. The van der Waals surface area contributed by atoms with E-state index in [-0.39, 0.29) is 6.03 Å². The monoisotopic (exact) mass is 326 g/mol. The lowest BCUT2D eigenvalue weighted by molar-refractivity contribution is 0.195. The minimum Gasteiger partial charge on any atom is -0.338 e. The SMILES string of the molecule is CCCCCCCNC(=O)N(CCCCCC)CCCCCC. The zero-order valence-electron chi connectivity index (χ0n) is 16.2. The summed E-state index contributed by atoms with van der Waals surface area (Å²) in [5, 5.41) is 3.13. The van der Waals surface area contributed by atoms with Gasteiger partial charge in [-0.2, -0.15) is 0 Å². The van der Waals surface area contributed by atoms with Gasteiger partial charge >= 0.3 is 6.03 Å². The zero-order valence-corrected chi connectivity index (χ0v) is 16.2. The molecule has 3 heteroatoms. The van der Waals surface area contributed by atoms with E-state index in [0.29, 0.717) is 0 Å². The quantitative estimate of drug-likeness (QED) is 0.340. The molecule has 1 N–H and O–H groups in total. The van der Waals surface area contributed by atoms with Gasteiger partial charge in [-0.15, -0.1) is 0 Å². The molecule has 3 nitrogen and oxygen atoms in total.